The topological polar surface area (TPSA) is 87.7 Å². The minimum Gasteiger partial charge on any atom is -0.495 e. The maximum absolute atomic E-state index is 12.0. The van der Waals surface area contributed by atoms with Crippen LogP contribution in [0.25, 0.3) is 0 Å². The van der Waals surface area contributed by atoms with Crippen molar-refractivity contribution in [3.05, 3.63) is 22.7 Å². The molecule has 0 aromatic heterocycles. The van der Waals surface area contributed by atoms with E-state index in [2.05, 4.69) is 26.6 Å². The van der Waals surface area contributed by atoms with Crippen molar-refractivity contribution in [1.29, 1.82) is 0 Å². The third-order valence-corrected chi connectivity index (χ3v) is 3.67. The number of carbonyl (C=O) groups excluding carboxylic acids is 1. The van der Waals surface area contributed by atoms with Gasteiger partial charge < -0.3 is 20.5 Å². The number of benzene rings is 1. The lowest BCUT2D eigenvalue weighted by molar-refractivity contribution is -0.140. The van der Waals surface area contributed by atoms with Crippen molar-refractivity contribution < 1.29 is 19.4 Å². The summed E-state index contributed by atoms with van der Waals surface area (Å²) in [6.45, 7) is 3.65. The van der Waals surface area contributed by atoms with Crippen LogP contribution in [0.2, 0.25) is 0 Å². The van der Waals surface area contributed by atoms with E-state index in [1.807, 2.05) is 6.92 Å². The van der Waals surface area contributed by atoms with Crippen LogP contribution in [-0.4, -0.2) is 30.3 Å². The van der Waals surface area contributed by atoms with Crippen LogP contribution in [0.5, 0.6) is 5.75 Å². The van der Waals surface area contributed by atoms with Gasteiger partial charge >= 0.3 is 12.0 Å². The molecule has 0 unspecified atom stereocenters. The molecule has 1 aromatic carbocycles. The SMILES string of the molecule is CC[C@H](C)[C@H](NC(=O)Nc1cc(Br)ccc1OC)C(=O)O. The van der Waals surface area contributed by atoms with Gasteiger partial charge in [0.2, 0.25) is 0 Å². The van der Waals surface area contributed by atoms with E-state index in [0.717, 1.165) is 4.47 Å². The lowest BCUT2D eigenvalue weighted by Crippen LogP contribution is -2.46. The van der Waals surface area contributed by atoms with Crippen LogP contribution >= 0.6 is 15.9 Å². The molecule has 0 aliphatic rings. The van der Waals surface area contributed by atoms with Gasteiger partial charge in [0.05, 0.1) is 12.8 Å². The highest BCUT2D eigenvalue weighted by molar-refractivity contribution is 9.10. The molecular weight excluding hydrogens is 340 g/mol. The number of urea groups is 1. The van der Waals surface area contributed by atoms with Gasteiger partial charge in [0.1, 0.15) is 11.8 Å². The highest BCUT2D eigenvalue weighted by Crippen LogP contribution is 2.27. The zero-order chi connectivity index (χ0) is 16.0. The number of amides is 2. The van der Waals surface area contributed by atoms with E-state index in [-0.39, 0.29) is 5.92 Å². The van der Waals surface area contributed by atoms with Crippen molar-refractivity contribution in [2.45, 2.75) is 26.3 Å². The van der Waals surface area contributed by atoms with E-state index in [1.165, 1.54) is 7.11 Å². The zero-order valence-corrected chi connectivity index (χ0v) is 13.7. The van der Waals surface area contributed by atoms with Gasteiger partial charge in [-0.1, -0.05) is 36.2 Å². The number of hydrogen-bond donors (Lipinski definition) is 3. The van der Waals surface area contributed by atoms with Gasteiger partial charge in [-0.2, -0.15) is 0 Å². The zero-order valence-electron chi connectivity index (χ0n) is 12.1. The van der Waals surface area contributed by atoms with E-state index in [9.17, 15) is 9.59 Å². The summed E-state index contributed by atoms with van der Waals surface area (Å²) in [6.07, 6.45) is 0.650. The fourth-order valence-corrected chi connectivity index (χ4v) is 2.12. The van der Waals surface area contributed by atoms with Crippen molar-refractivity contribution in [2.75, 3.05) is 12.4 Å². The van der Waals surface area contributed by atoms with Gasteiger partial charge in [-0.25, -0.2) is 9.59 Å². The van der Waals surface area contributed by atoms with Crippen LogP contribution in [0.15, 0.2) is 22.7 Å². The monoisotopic (exact) mass is 358 g/mol. The summed E-state index contributed by atoms with van der Waals surface area (Å²) in [4.78, 5) is 23.2. The van der Waals surface area contributed by atoms with Gasteiger partial charge in [-0.05, 0) is 24.1 Å². The van der Waals surface area contributed by atoms with Crippen LogP contribution in [0.4, 0.5) is 10.5 Å². The second-order valence-corrected chi connectivity index (χ2v) is 5.56. The average molecular weight is 359 g/mol. The summed E-state index contributed by atoms with van der Waals surface area (Å²) in [6, 6.07) is 3.63. The molecule has 0 saturated heterocycles. The minimum absolute atomic E-state index is 0.169. The number of ether oxygens (including phenoxy) is 1. The van der Waals surface area contributed by atoms with Gasteiger partial charge in [-0.15, -0.1) is 0 Å². The highest BCUT2D eigenvalue weighted by atomic mass is 79.9. The average Bonchev–Trinajstić information content (AvgIpc) is 2.44. The summed E-state index contributed by atoms with van der Waals surface area (Å²) in [5.41, 5.74) is 0.456. The maximum Gasteiger partial charge on any atom is 0.326 e. The molecule has 21 heavy (non-hydrogen) atoms. The van der Waals surface area contributed by atoms with Crippen LogP contribution in [0.1, 0.15) is 20.3 Å². The molecule has 0 radical (unpaired) electrons. The Morgan fingerprint density at radius 1 is 1.43 bits per heavy atom. The Hall–Kier alpha value is -1.76. The largest absolute Gasteiger partial charge is 0.495 e. The number of rotatable bonds is 6. The number of carboxylic acids is 1. The Labute approximate surface area is 132 Å². The fraction of sp³-hybridized carbons (Fsp3) is 0.429. The molecule has 0 bridgehead atoms. The molecule has 1 aromatic rings. The van der Waals surface area contributed by atoms with Crippen molar-refractivity contribution in [1.82, 2.24) is 5.32 Å². The third kappa shape index (κ3) is 4.93. The molecule has 3 N–H and O–H groups in total. The van der Waals surface area contributed by atoms with Crippen LogP contribution in [0.3, 0.4) is 0 Å². The maximum atomic E-state index is 12.0. The fourth-order valence-electron chi connectivity index (χ4n) is 1.76. The van der Waals surface area contributed by atoms with Gasteiger partial charge in [0.25, 0.3) is 0 Å². The van der Waals surface area contributed by atoms with E-state index in [4.69, 9.17) is 9.84 Å². The quantitative estimate of drug-likeness (QED) is 0.728. The number of hydrogen-bond acceptors (Lipinski definition) is 3. The predicted octanol–water partition coefficient (Wildman–Crippen LogP) is 3.08. The second-order valence-electron chi connectivity index (χ2n) is 4.64. The van der Waals surface area contributed by atoms with E-state index in [0.29, 0.717) is 17.9 Å². The van der Waals surface area contributed by atoms with Crippen LogP contribution in [-0.2, 0) is 4.79 Å². The Balaban J connectivity index is 2.81. The number of nitrogens with one attached hydrogen (secondary N) is 2. The van der Waals surface area contributed by atoms with Gasteiger partial charge in [0, 0.05) is 4.47 Å². The van der Waals surface area contributed by atoms with Crippen molar-refractivity contribution in [3.63, 3.8) is 0 Å². The first kappa shape index (κ1) is 17.3. The molecule has 0 spiro atoms. The summed E-state index contributed by atoms with van der Waals surface area (Å²) in [7, 11) is 1.49. The molecule has 1 rings (SSSR count). The second kappa shape index (κ2) is 7.87. The summed E-state index contributed by atoms with van der Waals surface area (Å²) < 4.78 is 5.92. The first-order valence-corrected chi connectivity index (χ1v) is 7.32. The molecule has 2 amide bonds. The molecule has 6 nitrogen and oxygen atoms in total. The van der Waals surface area contributed by atoms with E-state index in [1.54, 1.807) is 25.1 Å². The van der Waals surface area contributed by atoms with E-state index < -0.39 is 18.0 Å². The van der Waals surface area contributed by atoms with Gasteiger partial charge in [0.15, 0.2) is 0 Å². The van der Waals surface area contributed by atoms with Crippen molar-refractivity contribution in [3.8, 4) is 5.75 Å². The number of aliphatic carboxylic acids is 1. The first-order valence-electron chi connectivity index (χ1n) is 6.52. The predicted molar refractivity (Wildman–Crippen MR) is 83.7 cm³/mol. The Kier molecular flexibility index (Phi) is 6.48. The summed E-state index contributed by atoms with van der Waals surface area (Å²) in [5.74, 6) is -0.734. The summed E-state index contributed by atoms with van der Waals surface area (Å²) in [5, 5.41) is 14.2. The minimum atomic E-state index is -1.05. The molecule has 0 heterocycles. The molecular formula is C14H19BrN2O4. The molecule has 0 fully saturated rings. The van der Waals surface area contributed by atoms with Crippen LogP contribution in [0, 0.1) is 5.92 Å². The molecule has 0 aliphatic carbocycles. The molecule has 0 saturated carbocycles. The number of methoxy groups -OCH3 is 1. The number of anilines is 1. The molecule has 116 valence electrons. The van der Waals surface area contributed by atoms with Crippen LogP contribution < -0.4 is 15.4 Å². The Morgan fingerprint density at radius 2 is 2.10 bits per heavy atom. The normalized spacial score (nSPS) is 13.1. The Morgan fingerprint density at radius 3 is 2.62 bits per heavy atom. The Bertz CT molecular complexity index is 522. The van der Waals surface area contributed by atoms with Crippen molar-refractivity contribution in [2.24, 2.45) is 5.92 Å². The lowest BCUT2D eigenvalue weighted by Gasteiger charge is -2.20. The lowest BCUT2D eigenvalue weighted by atomic mass is 9.99. The third-order valence-electron chi connectivity index (χ3n) is 3.18. The number of carbonyl (C=O) groups is 2. The highest BCUT2D eigenvalue weighted by Gasteiger charge is 2.25. The van der Waals surface area contributed by atoms with Crippen molar-refractivity contribution >= 4 is 33.6 Å². The summed E-state index contributed by atoms with van der Waals surface area (Å²) >= 11 is 3.30. The molecule has 2 atom stereocenters. The van der Waals surface area contributed by atoms with E-state index >= 15 is 0 Å². The standard InChI is InChI=1S/C14H19BrN2O4/c1-4-8(2)12(13(18)19)17-14(20)16-10-7-9(15)5-6-11(10)21-3/h5-8,12H,4H2,1-3H3,(H,18,19)(H2,16,17,20)/t8-,12-/m0/s1. The first-order chi connectivity index (χ1) is 9.88. The smallest absolute Gasteiger partial charge is 0.326 e. The molecule has 0 aliphatic heterocycles. The number of carboxylic acid groups (broad SMARTS) is 1. The van der Waals surface area contributed by atoms with Gasteiger partial charge in [-0.3, -0.25) is 0 Å². The molecule has 7 heteroatoms. The number of halogens is 1.